The fourth-order valence-corrected chi connectivity index (χ4v) is 1.03. The van der Waals surface area contributed by atoms with E-state index in [0.717, 1.165) is 0 Å². The average Bonchev–Trinajstić information content (AvgIpc) is 2.59. The Morgan fingerprint density at radius 3 is 2.92 bits per heavy atom. The minimum Gasteiger partial charge on any atom is -0.447 e. The molecule has 0 spiro atoms. The molecule has 1 saturated heterocycles. The Balaban J connectivity index is 2.30. The van der Waals surface area contributed by atoms with Crippen molar-refractivity contribution in [2.45, 2.75) is 0 Å². The van der Waals surface area contributed by atoms with Crippen LogP contribution in [0.3, 0.4) is 0 Å². The molecule has 1 aliphatic rings. The van der Waals surface area contributed by atoms with Gasteiger partial charge in [0.2, 0.25) is 0 Å². The van der Waals surface area contributed by atoms with Gasteiger partial charge in [-0.3, -0.25) is 0 Å². The van der Waals surface area contributed by atoms with E-state index < -0.39 is 6.09 Å². The lowest BCUT2D eigenvalue weighted by Crippen LogP contribution is -2.26. The maximum atomic E-state index is 11.0. The van der Waals surface area contributed by atoms with Gasteiger partial charge in [0.25, 0.3) is 5.95 Å². The Morgan fingerprint density at radius 2 is 2.42 bits per heavy atom. The van der Waals surface area contributed by atoms with Crippen LogP contribution in [-0.2, 0) is 11.8 Å². The summed E-state index contributed by atoms with van der Waals surface area (Å²) in [5.41, 5.74) is 0. The smallest absolute Gasteiger partial charge is 0.416 e. The molecule has 0 atom stereocenters. The number of anilines is 1. The molecule has 1 fully saturated rings. The second-order valence-electron chi connectivity index (χ2n) is 2.37. The van der Waals surface area contributed by atoms with E-state index in [-0.39, 0.29) is 0 Å². The number of aromatic nitrogens is 4. The van der Waals surface area contributed by atoms with Crippen LogP contribution in [0.5, 0.6) is 0 Å². The second kappa shape index (κ2) is 2.43. The lowest BCUT2D eigenvalue weighted by Gasteiger charge is -2.07. The Morgan fingerprint density at radius 1 is 1.58 bits per heavy atom. The summed E-state index contributed by atoms with van der Waals surface area (Å²) in [6.07, 6.45) is -0.395. The van der Waals surface area contributed by atoms with Gasteiger partial charge in [0.1, 0.15) is 6.61 Å². The van der Waals surface area contributed by atoms with E-state index in [1.807, 2.05) is 0 Å². The molecular weight excluding hydrogens is 162 g/mol. The second-order valence-corrected chi connectivity index (χ2v) is 2.37. The van der Waals surface area contributed by atoms with Crippen LogP contribution in [0.4, 0.5) is 10.7 Å². The highest BCUT2D eigenvalue weighted by Crippen LogP contribution is 2.12. The van der Waals surface area contributed by atoms with Crippen molar-refractivity contribution in [3.8, 4) is 0 Å². The lowest BCUT2D eigenvalue weighted by molar-refractivity contribution is 0.181. The summed E-state index contributed by atoms with van der Waals surface area (Å²) in [6.45, 7) is 0.902. The lowest BCUT2D eigenvalue weighted by atomic mass is 10.6. The molecule has 1 amide bonds. The molecule has 0 saturated carbocycles. The molecule has 1 aliphatic heterocycles. The van der Waals surface area contributed by atoms with Crippen LogP contribution in [0.1, 0.15) is 0 Å². The van der Waals surface area contributed by atoms with Crippen molar-refractivity contribution in [3.05, 3.63) is 0 Å². The first-order valence-electron chi connectivity index (χ1n) is 3.45. The largest absolute Gasteiger partial charge is 0.447 e. The van der Waals surface area contributed by atoms with Gasteiger partial charge in [0, 0.05) is 7.05 Å². The van der Waals surface area contributed by atoms with Crippen molar-refractivity contribution in [2.24, 2.45) is 7.05 Å². The summed E-state index contributed by atoms with van der Waals surface area (Å²) in [5.74, 6) is 0.414. The number of ether oxygens (including phenoxy) is 1. The minimum atomic E-state index is -0.395. The molecule has 2 heterocycles. The monoisotopic (exact) mass is 169 g/mol. The van der Waals surface area contributed by atoms with Gasteiger partial charge in [-0.25, -0.2) is 14.4 Å². The third kappa shape index (κ3) is 0.900. The molecule has 0 aliphatic carbocycles. The first-order chi connectivity index (χ1) is 5.79. The highest BCUT2D eigenvalue weighted by molar-refractivity contribution is 5.86. The molecular formula is C5H7N5O2. The molecule has 1 aromatic rings. The van der Waals surface area contributed by atoms with Crippen LogP contribution < -0.4 is 4.90 Å². The van der Waals surface area contributed by atoms with Gasteiger partial charge in [-0.05, 0) is 10.4 Å². The third-order valence-electron chi connectivity index (χ3n) is 1.60. The van der Waals surface area contributed by atoms with Gasteiger partial charge in [0.05, 0.1) is 6.54 Å². The Bertz CT molecular complexity index is 309. The number of amides is 1. The Hall–Kier alpha value is -1.66. The predicted molar refractivity (Wildman–Crippen MR) is 37.5 cm³/mol. The molecule has 1 aromatic heterocycles. The molecule has 7 nitrogen and oxygen atoms in total. The summed E-state index contributed by atoms with van der Waals surface area (Å²) >= 11 is 0. The van der Waals surface area contributed by atoms with Crippen LogP contribution in [0.2, 0.25) is 0 Å². The van der Waals surface area contributed by atoms with Crippen LogP contribution in [0, 0.1) is 0 Å². The van der Waals surface area contributed by atoms with Crippen LogP contribution in [0.15, 0.2) is 0 Å². The van der Waals surface area contributed by atoms with Gasteiger partial charge in [-0.15, -0.1) is 0 Å². The van der Waals surface area contributed by atoms with E-state index >= 15 is 0 Å². The van der Waals surface area contributed by atoms with Crippen molar-refractivity contribution in [1.29, 1.82) is 0 Å². The number of hydrogen-bond acceptors (Lipinski definition) is 5. The fourth-order valence-electron chi connectivity index (χ4n) is 1.03. The Labute approximate surface area is 67.9 Å². The van der Waals surface area contributed by atoms with Crippen molar-refractivity contribution in [2.75, 3.05) is 18.1 Å². The highest BCUT2D eigenvalue weighted by atomic mass is 16.6. The zero-order valence-electron chi connectivity index (χ0n) is 6.47. The predicted octanol–water partition coefficient (Wildman–Crippen LogP) is -0.833. The van der Waals surface area contributed by atoms with Gasteiger partial charge >= 0.3 is 6.09 Å². The number of rotatable bonds is 1. The quantitative estimate of drug-likeness (QED) is 0.548. The number of hydrogen-bond donors (Lipinski definition) is 0. The normalized spacial score (nSPS) is 16.8. The number of carbonyl (C=O) groups excluding carboxylic acids is 1. The van der Waals surface area contributed by atoms with E-state index in [1.54, 1.807) is 7.05 Å². The molecule has 0 unspecified atom stereocenters. The number of aryl methyl sites for hydroxylation is 1. The highest BCUT2D eigenvalue weighted by Gasteiger charge is 2.27. The van der Waals surface area contributed by atoms with E-state index in [1.165, 1.54) is 9.58 Å². The Kier molecular flexibility index (Phi) is 1.42. The molecule has 64 valence electrons. The maximum Gasteiger partial charge on any atom is 0.416 e. The van der Waals surface area contributed by atoms with Crippen LogP contribution in [0.25, 0.3) is 0 Å². The number of tetrazole rings is 1. The average molecular weight is 169 g/mol. The SMILES string of the molecule is Cn1nnnc1N1CCOC1=O. The fraction of sp³-hybridized carbons (Fsp3) is 0.600. The van der Waals surface area contributed by atoms with Crippen molar-refractivity contribution in [1.82, 2.24) is 20.2 Å². The number of nitrogens with zero attached hydrogens (tertiary/aromatic N) is 5. The summed E-state index contributed by atoms with van der Waals surface area (Å²) in [4.78, 5) is 12.4. The molecule has 0 bridgehead atoms. The van der Waals surface area contributed by atoms with E-state index in [2.05, 4.69) is 15.5 Å². The number of cyclic esters (lactones) is 1. The van der Waals surface area contributed by atoms with Gasteiger partial charge in [-0.2, -0.15) is 0 Å². The maximum absolute atomic E-state index is 11.0. The zero-order chi connectivity index (χ0) is 8.55. The number of carbonyl (C=O) groups is 1. The van der Waals surface area contributed by atoms with Gasteiger partial charge < -0.3 is 4.74 Å². The minimum absolute atomic E-state index is 0.395. The van der Waals surface area contributed by atoms with Crippen molar-refractivity contribution >= 4 is 12.0 Å². The summed E-state index contributed by atoms with van der Waals surface area (Å²) in [7, 11) is 1.67. The van der Waals surface area contributed by atoms with Crippen molar-refractivity contribution < 1.29 is 9.53 Å². The molecule has 12 heavy (non-hydrogen) atoms. The molecule has 0 N–H and O–H groups in total. The van der Waals surface area contributed by atoms with Crippen LogP contribution in [-0.4, -0.2) is 39.5 Å². The van der Waals surface area contributed by atoms with Crippen molar-refractivity contribution in [3.63, 3.8) is 0 Å². The topological polar surface area (TPSA) is 73.1 Å². The standard InChI is InChI=1S/C5H7N5O2/c1-9-4(6-7-8-9)10-2-3-12-5(10)11/h2-3H2,1H3. The zero-order valence-corrected chi connectivity index (χ0v) is 6.47. The summed E-state index contributed by atoms with van der Waals surface area (Å²) < 4.78 is 6.15. The molecule has 0 radical (unpaired) electrons. The molecule has 0 aromatic carbocycles. The molecule has 2 rings (SSSR count). The van der Waals surface area contributed by atoms with E-state index in [9.17, 15) is 4.79 Å². The van der Waals surface area contributed by atoms with E-state index in [0.29, 0.717) is 19.1 Å². The third-order valence-corrected chi connectivity index (χ3v) is 1.60. The molecule has 7 heteroatoms. The summed E-state index contributed by atoms with van der Waals surface area (Å²) in [6, 6.07) is 0. The van der Waals surface area contributed by atoms with Crippen LogP contribution >= 0.6 is 0 Å². The van der Waals surface area contributed by atoms with Gasteiger partial charge in [0.15, 0.2) is 0 Å². The first-order valence-corrected chi connectivity index (χ1v) is 3.45. The summed E-state index contributed by atoms with van der Waals surface area (Å²) in [5, 5.41) is 10.7. The first kappa shape index (κ1) is 7.01. The van der Waals surface area contributed by atoms with Gasteiger partial charge in [-0.1, -0.05) is 5.10 Å². The van der Waals surface area contributed by atoms with E-state index in [4.69, 9.17) is 4.74 Å².